The van der Waals surface area contributed by atoms with E-state index in [2.05, 4.69) is 52.9 Å². The fraction of sp³-hybridized carbons (Fsp3) is 0.444. The van der Waals surface area contributed by atoms with Crippen LogP contribution < -0.4 is 5.73 Å². The van der Waals surface area contributed by atoms with E-state index in [4.69, 9.17) is 5.73 Å². The highest BCUT2D eigenvalue weighted by Gasteiger charge is 2.28. The summed E-state index contributed by atoms with van der Waals surface area (Å²) in [5, 5.41) is 4.44. The molecule has 112 valence electrons. The van der Waals surface area contributed by atoms with Crippen molar-refractivity contribution in [3.05, 3.63) is 57.8 Å². The zero-order chi connectivity index (χ0) is 14.7. The molecule has 1 aromatic heterocycles. The average molecular weight is 300 g/mol. The predicted octanol–water partition coefficient (Wildman–Crippen LogP) is 3.97. The topological polar surface area (TPSA) is 29.3 Å². The molecule has 3 heteroatoms. The Morgan fingerprint density at radius 2 is 1.86 bits per heavy atom. The lowest BCUT2D eigenvalue weighted by molar-refractivity contribution is 0.246. The Morgan fingerprint density at radius 3 is 2.43 bits per heavy atom. The number of nitrogens with zero attached hydrogens (tertiary/aromatic N) is 1. The zero-order valence-electron chi connectivity index (χ0n) is 12.7. The van der Waals surface area contributed by atoms with Crippen molar-refractivity contribution in [2.75, 3.05) is 6.54 Å². The molecule has 0 saturated heterocycles. The summed E-state index contributed by atoms with van der Waals surface area (Å²) in [6.45, 7) is 5.03. The Hall–Kier alpha value is -1.16. The summed E-state index contributed by atoms with van der Waals surface area (Å²) in [4.78, 5) is 2.61. The Morgan fingerprint density at radius 1 is 1.14 bits per heavy atom. The van der Waals surface area contributed by atoms with Gasteiger partial charge in [0.1, 0.15) is 0 Å². The second kappa shape index (κ2) is 6.73. The van der Waals surface area contributed by atoms with E-state index in [1.165, 1.54) is 29.5 Å². The molecule has 0 amide bonds. The first-order chi connectivity index (χ1) is 10.3. The molecular weight excluding hydrogens is 276 g/mol. The normalized spacial score (nSPS) is 16.3. The predicted molar refractivity (Wildman–Crippen MR) is 90.5 cm³/mol. The van der Waals surface area contributed by atoms with Crippen molar-refractivity contribution in [1.29, 1.82) is 0 Å². The van der Waals surface area contributed by atoms with Crippen LogP contribution in [0.25, 0.3) is 0 Å². The van der Waals surface area contributed by atoms with Gasteiger partial charge in [0.15, 0.2) is 0 Å². The van der Waals surface area contributed by atoms with Crippen molar-refractivity contribution >= 4 is 11.3 Å². The summed E-state index contributed by atoms with van der Waals surface area (Å²) in [5.74, 6) is 0.449. The van der Waals surface area contributed by atoms with Crippen LogP contribution in [0.2, 0.25) is 0 Å². The molecule has 1 fully saturated rings. The summed E-state index contributed by atoms with van der Waals surface area (Å²) < 4.78 is 0. The zero-order valence-corrected chi connectivity index (χ0v) is 13.5. The summed E-state index contributed by atoms with van der Waals surface area (Å²) in [7, 11) is 0. The molecule has 1 unspecified atom stereocenters. The SMILES string of the molecule is CC(CN)c1ccc(CN(Cc2ccsc2)C2CC2)cc1. The van der Waals surface area contributed by atoms with Gasteiger partial charge in [-0.1, -0.05) is 31.2 Å². The highest BCUT2D eigenvalue weighted by molar-refractivity contribution is 7.07. The highest BCUT2D eigenvalue weighted by atomic mass is 32.1. The van der Waals surface area contributed by atoms with Crippen LogP contribution in [0.4, 0.5) is 0 Å². The van der Waals surface area contributed by atoms with Crippen LogP contribution in [0.15, 0.2) is 41.1 Å². The van der Waals surface area contributed by atoms with Gasteiger partial charge in [-0.05, 0) is 58.8 Å². The second-order valence-electron chi connectivity index (χ2n) is 6.15. The number of hydrogen-bond acceptors (Lipinski definition) is 3. The van der Waals surface area contributed by atoms with Crippen LogP contribution >= 0.6 is 11.3 Å². The Balaban J connectivity index is 1.65. The van der Waals surface area contributed by atoms with Crippen LogP contribution in [-0.2, 0) is 13.1 Å². The molecule has 21 heavy (non-hydrogen) atoms. The minimum absolute atomic E-state index is 0.449. The molecule has 2 N–H and O–H groups in total. The van der Waals surface area contributed by atoms with E-state index >= 15 is 0 Å². The molecule has 1 aliphatic rings. The lowest BCUT2D eigenvalue weighted by atomic mass is 10.00. The smallest absolute Gasteiger partial charge is 0.0248 e. The summed E-state index contributed by atoms with van der Waals surface area (Å²) >= 11 is 1.79. The van der Waals surface area contributed by atoms with Crippen molar-refractivity contribution in [1.82, 2.24) is 4.90 Å². The number of nitrogens with two attached hydrogens (primary N) is 1. The first-order valence-corrected chi connectivity index (χ1v) is 8.74. The molecule has 2 nitrogen and oxygen atoms in total. The largest absolute Gasteiger partial charge is 0.330 e. The average Bonchev–Trinajstić information content (AvgIpc) is 3.24. The van der Waals surface area contributed by atoms with E-state index in [9.17, 15) is 0 Å². The van der Waals surface area contributed by atoms with Crippen LogP contribution in [0, 0.1) is 0 Å². The Kier molecular flexibility index (Phi) is 4.73. The first kappa shape index (κ1) is 14.8. The van der Waals surface area contributed by atoms with Crippen molar-refractivity contribution in [3.8, 4) is 0 Å². The van der Waals surface area contributed by atoms with Crippen molar-refractivity contribution < 1.29 is 0 Å². The molecule has 0 radical (unpaired) electrons. The van der Waals surface area contributed by atoms with Gasteiger partial charge in [0.2, 0.25) is 0 Å². The van der Waals surface area contributed by atoms with E-state index in [0.29, 0.717) is 12.5 Å². The minimum atomic E-state index is 0.449. The van der Waals surface area contributed by atoms with Gasteiger partial charge in [-0.2, -0.15) is 11.3 Å². The van der Waals surface area contributed by atoms with Gasteiger partial charge < -0.3 is 5.73 Å². The van der Waals surface area contributed by atoms with E-state index < -0.39 is 0 Å². The molecule has 3 rings (SSSR count). The molecule has 1 heterocycles. The number of rotatable bonds is 7. The quantitative estimate of drug-likeness (QED) is 0.838. The summed E-state index contributed by atoms with van der Waals surface area (Å²) in [6.07, 6.45) is 2.71. The second-order valence-corrected chi connectivity index (χ2v) is 6.93. The van der Waals surface area contributed by atoms with Gasteiger partial charge in [-0.3, -0.25) is 4.90 Å². The number of hydrogen-bond donors (Lipinski definition) is 1. The lowest BCUT2D eigenvalue weighted by Gasteiger charge is -2.22. The van der Waals surface area contributed by atoms with Crippen molar-refractivity contribution in [2.45, 2.75) is 44.8 Å². The van der Waals surface area contributed by atoms with E-state index in [-0.39, 0.29) is 0 Å². The Bertz CT molecular complexity index is 543. The third-order valence-electron chi connectivity index (χ3n) is 4.32. The van der Waals surface area contributed by atoms with Crippen LogP contribution in [0.5, 0.6) is 0 Å². The highest BCUT2D eigenvalue weighted by Crippen LogP contribution is 2.30. The maximum Gasteiger partial charge on any atom is 0.0248 e. The van der Waals surface area contributed by atoms with Crippen LogP contribution in [0.1, 0.15) is 42.4 Å². The molecule has 0 aliphatic heterocycles. The Labute approximate surface area is 131 Å². The van der Waals surface area contributed by atoms with E-state index in [1.54, 1.807) is 11.3 Å². The molecular formula is C18H24N2S. The monoisotopic (exact) mass is 300 g/mol. The molecule has 1 saturated carbocycles. The third kappa shape index (κ3) is 3.94. The molecule has 2 aromatic rings. The van der Waals surface area contributed by atoms with Gasteiger partial charge in [-0.25, -0.2) is 0 Å². The van der Waals surface area contributed by atoms with Gasteiger partial charge in [0, 0.05) is 19.1 Å². The molecule has 1 atom stereocenters. The number of benzene rings is 1. The van der Waals surface area contributed by atoms with Gasteiger partial charge >= 0.3 is 0 Å². The standard InChI is InChI=1S/C18H24N2S/c1-14(10-19)17-4-2-15(3-5-17)11-20(18-6-7-18)12-16-8-9-21-13-16/h2-5,8-9,13-14,18H,6-7,10-12,19H2,1H3. The summed E-state index contributed by atoms with van der Waals surface area (Å²) in [5.41, 5.74) is 9.94. The molecule has 1 aliphatic carbocycles. The van der Waals surface area contributed by atoms with Crippen molar-refractivity contribution in [2.24, 2.45) is 5.73 Å². The van der Waals surface area contributed by atoms with Crippen LogP contribution in [-0.4, -0.2) is 17.5 Å². The van der Waals surface area contributed by atoms with E-state index in [0.717, 1.165) is 19.1 Å². The van der Waals surface area contributed by atoms with Crippen LogP contribution in [0.3, 0.4) is 0 Å². The third-order valence-corrected chi connectivity index (χ3v) is 5.05. The fourth-order valence-corrected chi connectivity index (χ4v) is 3.35. The number of thiophene rings is 1. The first-order valence-electron chi connectivity index (χ1n) is 7.80. The van der Waals surface area contributed by atoms with Gasteiger partial charge in [0.05, 0.1) is 0 Å². The van der Waals surface area contributed by atoms with Crippen molar-refractivity contribution in [3.63, 3.8) is 0 Å². The maximum absolute atomic E-state index is 5.74. The minimum Gasteiger partial charge on any atom is -0.330 e. The van der Waals surface area contributed by atoms with E-state index in [1.807, 2.05) is 0 Å². The van der Waals surface area contributed by atoms with Gasteiger partial charge in [-0.15, -0.1) is 0 Å². The molecule has 0 bridgehead atoms. The molecule has 0 spiro atoms. The molecule has 1 aromatic carbocycles. The van der Waals surface area contributed by atoms with Gasteiger partial charge in [0.25, 0.3) is 0 Å². The maximum atomic E-state index is 5.74. The summed E-state index contributed by atoms with van der Waals surface area (Å²) in [6, 6.07) is 12.0. The lowest BCUT2D eigenvalue weighted by Crippen LogP contribution is -2.24. The fourth-order valence-electron chi connectivity index (χ4n) is 2.69.